The zero-order valence-corrected chi connectivity index (χ0v) is 11.2. The average molecular weight is 253 g/mol. The molecule has 0 aliphatic heterocycles. The summed E-state index contributed by atoms with van der Waals surface area (Å²) < 4.78 is 0. The Morgan fingerprint density at radius 1 is 1.53 bits per heavy atom. The first-order valence-corrected chi connectivity index (χ1v) is 7.00. The molecule has 1 fully saturated rings. The van der Waals surface area contributed by atoms with Gasteiger partial charge in [-0.25, -0.2) is 4.98 Å². The van der Waals surface area contributed by atoms with Crippen molar-refractivity contribution in [2.45, 2.75) is 45.6 Å². The van der Waals surface area contributed by atoms with Crippen molar-refractivity contribution in [2.75, 3.05) is 11.9 Å². The van der Waals surface area contributed by atoms with E-state index in [1.54, 1.807) is 11.3 Å². The van der Waals surface area contributed by atoms with Crippen LogP contribution in [0.1, 0.15) is 36.8 Å². The van der Waals surface area contributed by atoms with Gasteiger partial charge < -0.3 is 10.6 Å². The number of nitrogens with zero attached hydrogens (tertiary/aromatic N) is 1. The minimum atomic E-state index is 0.0505. The molecule has 1 amide bonds. The van der Waals surface area contributed by atoms with E-state index in [-0.39, 0.29) is 5.91 Å². The number of carbonyl (C=O) groups is 1. The van der Waals surface area contributed by atoms with Gasteiger partial charge in [0.05, 0.1) is 5.69 Å². The highest BCUT2D eigenvalue weighted by Gasteiger charge is 2.20. The lowest BCUT2D eigenvalue weighted by atomic mass is 10.3. The summed E-state index contributed by atoms with van der Waals surface area (Å²) in [4.78, 5) is 17.2. The van der Waals surface area contributed by atoms with Gasteiger partial charge >= 0.3 is 0 Å². The Kier molecular flexibility index (Phi) is 4.12. The minimum Gasteiger partial charge on any atom is -0.313 e. The molecule has 1 saturated carbocycles. The zero-order chi connectivity index (χ0) is 12.3. The quantitative estimate of drug-likeness (QED) is 0.816. The van der Waals surface area contributed by atoms with Crippen LogP contribution in [0.4, 0.5) is 5.13 Å². The molecule has 0 aromatic carbocycles. The lowest BCUT2D eigenvalue weighted by Crippen LogP contribution is -2.23. The number of anilines is 1. The summed E-state index contributed by atoms with van der Waals surface area (Å²) in [5.74, 6) is 0.0505. The molecule has 0 radical (unpaired) electrons. The lowest BCUT2D eigenvalue weighted by Gasteiger charge is -2.02. The summed E-state index contributed by atoms with van der Waals surface area (Å²) in [6, 6.07) is 0.664. The number of hydrogen-bond acceptors (Lipinski definition) is 4. The van der Waals surface area contributed by atoms with Gasteiger partial charge in [-0.15, -0.1) is 11.3 Å². The van der Waals surface area contributed by atoms with E-state index in [9.17, 15) is 4.79 Å². The van der Waals surface area contributed by atoms with Gasteiger partial charge in [0.1, 0.15) is 0 Å². The van der Waals surface area contributed by atoms with Crippen LogP contribution in [0.5, 0.6) is 0 Å². The Morgan fingerprint density at radius 2 is 2.29 bits per heavy atom. The molecule has 94 valence electrons. The summed E-state index contributed by atoms with van der Waals surface area (Å²) in [6.45, 7) is 4.88. The molecule has 4 nitrogen and oxygen atoms in total. The Labute approximate surface area is 106 Å². The number of carbonyl (C=O) groups excluding carboxylic acids is 1. The normalized spacial score (nSPS) is 14.9. The van der Waals surface area contributed by atoms with Gasteiger partial charge in [0.25, 0.3) is 0 Å². The van der Waals surface area contributed by atoms with Crippen LogP contribution in [0.2, 0.25) is 0 Å². The number of nitrogens with one attached hydrogen (secondary N) is 2. The van der Waals surface area contributed by atoms with Crippen LogP contribution in [-0.2, 0) is 11.2 Å². The van der Waals surface area contributed by atoms with Crippen molar-refractivity contribution < 1.29 is 4.79 Å². The molecule has 0 saturated heterocycles. The second kappa shape index (κ2) is 5.60. The number of hydrogen-bond donors (Lipinski definition) is 2. The molecule has 1 aliphatic rings. The number of aromatic nitrogens is 1. The van der Waals surface area contributed by atoms with Gasteiger partial charge in [0.2, 0.25) is 5.91 Å². The lowest BCUT2D eigenvalue weighted by molar-refractivity contribution is -0.116. The standard InChI is InChI=1S/C12H19N3OS/c1-3-10-8(2)17-12(14-10)15-11(16)6-7-13-9-4-5-9/h9,13H,3-7H2,1-2H3,(H,14,15,16). The summed E-state index contributed by atoms with van der Waals surface area (Å²) in [6.07, 6.45) is 3.96. The van der Waals surface area contributed by atoms with Crippen molar-refractivity contribution >= 4 is 22.4 Å². The molecular formula is C12H19N3OS. The molecule has 0 spiro atoms. The van der Waals surface area contributed by atoms with Gasteiger partial charge in [0.15, 0.2) is 5.13 Å². The molecule has 0 bridgehead atoms. The maximum absolute atomic E-state index is 11.6. The second-order valence-electron chi connectivity index (χ2n) is 4.40. The van der Waals surface area contributed by atoms with Crippen molar-refractivity contribution in [3.63, 3.8) is 0 Å². The van der Waals surface area contributed by atoms with E-state index >= 15 is 0 Å². The molecule has 5 heteroatoms. The minimum absolute atomic E-state index is 0.0505. The van der Waals surface area contributed by atoms with Crippen LogP contribution in [-0.4, -0.2) is 23.5 Å². The summed E-state index contributed by atoms with van der Waals surface area (Å²) in [5.41, 5.74) is 1.08. The topological polar surface area (TPSA) is 54.0 Å². The third-order valence-electron chi connectivity index (χ3n) is 2.84. The van der Waals surface area contributed by atoms with Gasteiger partial charge in [0, 0.05) is 23.9 Å². The van der Waals surface area contributed by atoms with Gasteiger partial charge in [-0.05, 0) is 26.2 Å². The fraction of sp³-hybridized carbons (Fsp3) is 0.667. The van der Waals surface area contributed by atoms with Crippen LogP contribution >= 0.6 is 11.3 Å². The molecule has 1 aromatic rings. The van der Waals surface area contributed by atoms with E-state index < -0.39 is 0 Å². The highest BCUT2D eigenvalue weighted by atomic mass is 32.1. The van der Waals surface area contributed by atoms with Crippen molar-refractivity contribution in [1.29, 1.82) is 0 Å². The third-order valence-corrected chi connectivity index (χ3v) is 3.76. The van der Waals surface area contributed by atoms with E-state index in [1.807, 2.05) is 6.92 Å². The van der Waals surface area contributed by atoms with Crippen molar-refractivity contribution in [3.8, 4) is 0 Å². The largest absolute Gasteiger partial charge is 0.313 e. The molecule has 2 N–H and O–H groups in total. The maximum atomic E-state index is 11.6. The summed E-state index contributed by atoms with van der Waals surface area (Å²) >= 11 is 1.56. The van der Waals surface area contributed by atoms with Gasteiger partial charge in [-0.1, -0.05) is 6.92 Å². The highest BCUT2D eigenvalue weighted by Crippen LogP contribution is 2.22. The van der Waals surface area contributed by atoms with Crippen LogP contribution in [0.15, 0.2) is 0 Å². The Bertz CT molecular complexity index is 398. The van der Waals surface area contributed by atoms with Crippen molar-refractivity contribution in [1.82, 2.24) is 10.3 Å². The van der Waals surface area contributed by atoms with E-state index in [4.69, 9.17) is 0 Å². The first-order chi connectivity index (χ1) is 8.19. The van der Waals surface area contributed by atoms with Crippen molar-refractivity contribution in [2.24, 2.45) is 0 Å². The molecular weight excluding hydrogens is 234 g/mol. The molecule has 1 aliphatic carbocycles. The molecule has 1 heterocycles. The number of amides is 1. The first-order valence-electron chi connectivity index (χ1n) is 6.18. The number of rotatable bonds is 6. The van der Waals surface area contributed by atoms with Crippen LogP contribution in [0.25, 0.3) is 0 Å². The molecule has 0 unspecified atom stereocenters. The molecule has 17 heavy (non-hydrogen) atoms. The van der Waals surface area contributed by atoms with Gasteiger partial charge in [-0.3, -0.25) is 4.79 Å². The maximum Gasteiger partial charge on any atom is 0.227 e. The number of thiazole rings is 1. The Balaban J connectivity index is 1.75. The van der Waals surface area contributed by atoms with E-state index in [1.165, 1.54) is 17.7 Å². The summed E-state index contributed by atoms with van der Waals surface area (Å²) in [7, 11) is 0. The summed E-state index contributed by atoms with van der Waals surface area (Å²) in [5, 5.41) is 6.92. The van der Waals surface area contributed by atoms with E-state index in [2.05, 4.69) is 22.5 Å². The van der Waals surface area contributed by atoms with Gasteiger partial charge in [-0.2, -0.15) is 0 Å². The Hall–Kier alpha value is -0.940. The predicted molar refractivity (Wildman–Crippen MR) is 70.5 cm³/mol. The third kappa shape index (κ3) is 3.78. The fourth-order valence-corrected chi connectivity index (χ4v) is 2.59. The predicted octanol–water partition coefficient (Wildman–Crippen LogP) is 2.09. The van der Waals surface area contributed by atoms with Crippen molar-refractivity contribution in [3.05, 3.63) is 10.6 Å². The van der Waals surface area contributed by atoms with Crippen LogP contribution < -0.4 is 10.6 Å². The number of aryl methyl sites for hydroxylation is 2. The molecule has 0 atom stereocenters. The fourth-order valence-electron chi connectivity index (χ4n) is 1.67. The second-order valence-corrected chi connectivity index (χ2v) is 5.61. The average Bonchev–Trinajstić information content (AvgIpc) is 3.03. The molecule has 1 aromatic heterocycles. The monoisotopic (exact) mass is 253 g/mol. The highest BCUT2D eigenvalue weighted by molar-refractivity contribution is 7.15. The van der Waals surface area contributed by atoms with E-state index in [0.717, 1.165) is 23.8 Å². The SMILES string of the molecule is CCc1nc(NC(=O)CCNC2CC2)sc1C. The van der Waals surface area contributed by atoms with Crippen LogP contribution in [0, 0.1) is 6.92 Å². The zero-order valence-electron chi connectivity index (χ0n) is 10.4. The smallest absolute Gasteiger partial charge is 0.227 e. The van der Waals surface area contributed by atoms with Crippen LogP contribution in [0.3, 0.4) is 0 Å². The molecule has 2 rings (SSSR count). The van der Waals surface area contributed by atoms with E-state index in [0.29, 0.717) is 12.5 Å². The first kappa shape index (κ1) is 12.5. The Morgan fingerprint density at radius 3 is 2.88 bits per heavy atom.